The molecule has 3 fully saturated rings. The second-order valence-corrected chi connectivity index (χ2v) is 8.40. The van der Waals surface area contributed by atoms with E-state index in [0.29, 0.717) is 12.8 Å². The van der Waals surface area contributed by atoms with Crippen LogP contribution in [0.3, 0.4) is 0 Å². The second-order valence-electron chi connectivity index (χ2n) is 8.40. The van der Waals surface area contributed by atoms with Crippen LogP contribution in [-0.2, 0) is 14.3 Å². The summed E-state index contributed by atoms with van der Waals surface area (Å²) in [5, 5.41) is 3.07. The van der Waals surface area contributed by atoms with Crippen LogP contribution in [0.15, 0.2) is 24.3 Å². The van der Waals surface area contributed by atoms with E-state index in [0.717, 1.165) is 12.0 Å². The maximum absolute atomic E-state index is 13.4. The van der Waals surface area contributed by atoms with Crippen molar-refractivity contribution in [2.75, 3.05) is 0 Å². The van der Waals surface area contributed by atoms with Crippen molar-refractivity contribution >= 4 is 11.9 Å². The van der Waals surface area contributed by atoms with Gasteiger partial charge in [-0.2, -0.15) is 0 Å². The Morgan fingerprint density at radius 1 is 1.36 bits per heavy atom. The Hall–Kier alpha value is -1.91. The average Bonchev–Trinajstić information content (AvgIpc) is 3.17. The third kappa shape index (κ3) is 2.31. The van der Waals surface area contributed by atoms with Gasteiger partial charge in [-0.05, 0) is 49.8 Å². The highest BCUT2D eigenvalue weighted by molar-refractivity contribution is 5.95. The molecule has 2 bridgehead atoms. The lowest BCUT2D eigenvalue weighted by molar-refractivity contribution is -0.167. The number of halogens is 1. The number of carbonyl (C=O) groups is 2. The minimum absolute atomic E-state index is 0.0114. The van der Waals surface area contributed by atoms with Crippen LogP contribution in [0.1, 0.15) is 51.5 Å². The Kier molecular flexibility index (Phi) is 3.50. The monoisotopic (exact) mass is 345 g/mol. The lowest BCUT2D eigenvalue weighted by Gasteiger charge is -2.31. The average molecular weight is 345 g/mol. The van der Waals surface area contributed by atoms with Crippen molar-refractivity contribution < 1.29 is 18.7 Å². The second kappa shape index (κ2) is 5.29. The van der Waals surface area contributed by atoms with E-state index in [-0.39, 0.29) is 41.5 Å². The number of esters is 1. The van der Waals surface area contributed by atoms with Crippen molar-refractivity contribution in [3.05, 3.63) is 35.6 Å². The first-order chi connectivity index (χ1) is 11.8. The number of ether oxygens (including phenoxy) is 1. The number of carbonyl (C=O) groups excluding carboxylic acids is 2. The van der Waals surface area contributed by atoms with Crippen LogP contribution in [0.2, 0.25) is 0 Å². The fourth-order valence-corrected chi connectivity index (χ4v) is 5.22. The zero-order chi connectivity index (χ0) is 18.0. The molecule has 2 saturated carbocycles. The molecule has 1 aliphatic heterocycles. The summed E-state index contributed by atoms with van der Waals surface area (Å²) in [7, 11) is 0. The number of nitrogens with one attached hydrogen (secondary N) is 1. The van der Waals surface area contributed by atoms with E-state index >= 15 is 0 Å². The van der Waals surface area contributed by atoms with Gasteiger partial charge in [0, 0.05) is 17.9 Å². The quantitative estimate of drug-likeness (QED) is 0.853. The molecule has 25 heavy (non-hydrogen) atoms. The van der Waals surface area contributed by atoms with Crippen LogP contribution in [0.25, 0.3) is 0 Å². The molecule has 5 atom stereocenters. The highest BCUT2D eigenvalue weighted by atomic mass is 19.1. The molecule has 134 valence electrons. The molecule has 1 amide bonds. The molecule has 1 aromatic rings. The summed E-state index contributed by atoms with van der Waals surface area (Å²) in [4.78, 5) is 25.4. The van der Waals surface area contributed by atoms with Gasteiger partial charge in [-0.1, -0.05) is 26.0 Å². The van der Waals surface area contributed by atoms with Gasteiger partial charge in [0.05, 0.1) is 5.41 Å². The van der Waals surface area contributed by atoms with E-state index < -0.39 is 11.0 Å². The largest absolute Gasteiger partial charge is 0.448 e. The van der Waals surface area contributed by atoms with Gasteiger partial charge in [0.25, 0.3) is 5.91 Å². The van der Waals surface area contributed by atoms with E-state index in [4.69, 9.17) is 4.74 Å². The van der Waals surface area contributed by atoms with Crippen molar-refractivity contribution in [3.8, 4) is 0 Å². The van der Waals surface area contributed by atoms with E-state index in [2.05, 4.69) is 5.32 Å². The van der Waals surface area contributed by atoms with Gasteiger partial charge in [0.1, 0.15) is 5.82 Å². The molecule has 1 saturated heterocycles. The summed E-state index contributed by atoms with van der Waals surface area (Å²) in [5.41, 5.74) is -0.686. The number of rotatable bonds is 4. The maximum atomic E-state index is 13.4. The Morgan fingerprint density at radius 2 is 2.12 bits per heavy atom. The van der Waals surface area contributed by atoms with E-state index in [9.17, 15) is 14.0 Å². The summed E-state index contributed by atoms with van der Waals surface area (Å²) < 4.78 is 19.1. The number of hydrogen-bond acceptors (Lipinski definition) is 3. The number of benzene rings is 1. The molecule has 2 aliphatic carbocycles. The zero-order valence-electron chi connectivity index (χ0n) is 14.8. The van der Waals surface area contributed by atoms with E-state index in [1.54, 1.807) is 6.07 Å². The Bertz CT molecular complexity index is 748. The van der Waals surface area contributed by atoms with Crippen molar-refractivity contribution in [3.63, 3.8) is 0 Å². The molecular weight excluding hydrogens is 321 g/mol. The third-order valence-electron chi connectivity index (χ3n) is 6.38. The zero-order valence-corrected chi connectivity index (χ0v) is 14.8. The van der Waals surface area contributed by atoms with Crippen LogP contribution in [-0.4, -0.2) is 23.5 Å². The highest BCUT2D eigenvalue weighted by Crippen LogP contribution is 2.60. The summed E-state index contributed by atoms with van der Waals surface area (Å²) in [6.07, 6.45) is 2.07. The molecule has 5 unspecified atom stereocenters. The van der Waals surface area contributed by atoms with Crippen LogP contribution < -0.4 is 5.32 Å². The van der Waals surface area contributed by atoms with Gasteiger partial charge in [0.15, 0.2) is 5.60 Å². The predicted octanol–water partition coefficient (Wildman–Crippen LogP) is 3.17. The molecule has 4 nitrogen and oxygen atoms in total. The fraction of sp³-hybridized carbons (Fsp3) is 0.600. The molecular formula is C20H24FNO3. The Morgan fingerprint density at radius 3 is 2.76 bits per heavy atom. The van der Waals surface area contributed by atoms with Crippen molar-refractivity contribution in [2.45, 2.75) is 57.6 Å². The third-order valence-corrected chi connectivity index (χ3v) is 6.38. The number of amides is 1. The topological polar surface area (TPSA) is 55.4 Å². The van der Waals surface area contributed by atoms with Crippen LogP contribution >= 0.6 is 0 Å². The SMILES string of the molecule is CC(C)C1C2(C)CCC1(C(=O)NC1CC1c1cccc(F)c1)OC2=O. The molecule has 3 aliphatic rings. The van der Waals surface area contributed by atoms with E-state index in [1.807, 2.05) is 26.8 Å². The summed E-state index contributed by atoms with van der Waals surface area (Å²) in [6, 6.07) is 6.51. The van der Waals surface area contributed by atoms with Gasteiger partial charge in [-0.3, -0.25) is 9.59 Å². The van der Waals surface area contributed by atoms with Gasteiger partial charge >= 0.3 is 5.97 Å². The first-order valence-electron chi connectivity index (χ1n) is 9.08. The van der Waals surface area contributed by atoms with Gasteiger partial charge < -0.3 is 10.1 Å². The summed E-state index contributed by atoms with van der Waals surface area (Å²) in [6.45, 7) is 6.02. The van der Waals surface area contributed by atoms with Crippen LogP contribution in [0.4, 0.5) is 4.39 Å². The maximum Gasteiger partial charge on any atom is 0.313 e. The summed E-state index contributed by atoms with van der Waals surface area (Å²) in [5.74, 6) is -0.459. The molecule has 1 aromatic carbocycles. The smallest absolute Gasteiger partial charge is 0.313 e. The lowest BCUT2D eigenvalue weighted by atomic mass is 9.71. The predicted molar refractivity (Wildman–Crippen MR) is 90.2 cm³/mol. The van der Waals surface area contributed by atoms with Crippen molar-refractivity contribution in [2.24, 2.45) is 17.3 Å². The van der Waals surface area contributed by atoms with E-state index in [1.165, 1.54) is 12.1 Å². The lowest BCUT2D eigenvalue weighted by Crippen LogP contribution is -2.51. The molecule has 4 rings (SSSR count). The number of fused-ring (bicyclic) bond motifs is 2. The highest BCUT2D eigenvalue weighted by Gasteiger charge is 2.71. The molecule has 1 N–H and O–H groups in total. The molecule has 0 spiro atoms. The molecule has 1 heterocycles. The Labute approximate surface area is 147 Å². The van der Waals surface area contributed by atoms with Crippen LogP contribution in [0.5, 0.6) is 0 Å². The molecule has 5 heteroatoms. The van der Waals surface area contributed by atoms with Gasteiger partial charge in [-0.15, -0.1) is 0 Å². The summed E-state index contributed by atoms with van der Waals surface area (Å²) >= 11 is 0. The standard InChI is InChI=1S/C20H24FNO3/c1-11(2)16-19(3)7-8-20(16,25-18(19)24)17(23)22-15-10-14(15)12-5-4-6-13(21)9-12/h4-6,9,11,14-16H,7-8,10H2,1-3H3,(H,22,23). The molecule has 0 aromatic heterocycles. The number of hydrogen-bond donors (Lipinski definition) is 1. The molecule has 0 radical (unpaired) electrons. The Balaban J connectivity index is 1.51. The van der Waals surface area contributed by atoms with Crippen LogP contribution in [0, 0.1) is 23.1 Å². The minimum Gasteiger partial charge on any atom is -0.448 e. The normalized spacial score (nSPS) is 38.8. The van der Waals surface area contributed by atoms with Crippen molar-refractivity contribution in [1.29, 1.82) is 0 Å². The van der Waals surface area contributed by atoms with Gasteiger partial charge in [0.2, 0.25) is 0 Å². The first kappa shape index (κ1) is 16.6. The van der Waals surface area contributed by atoms with Gasteiger partial charge in [-0.25, -0.2) is 4.39 Å². The first-order valence-corrected chi connectivity index (χ1v) is 9.08. The van der Waals surface area contributed by atoms with Crippen molar-refractivity contribution in [1.82, 2.24) is 5.32 Å². The minimum atomic E-state index is -1.03. The fourth-order valence-electron chi connectivity index (χ4n) is 5.22.